The molecule has 1 aliphatic heterocycles. The Balaban J connectivity index is 1.71. The van der Waals surface area contributed by atoms with Crippen LogP contribution in [-0.2, 0) is 22.6 Å². The summed E-state index contributed by atoms with van der Waals surface area (Å²) < 4.78 is 12.2. The molecular formula is C25H31BrN2O4. The minimum Gasteiger partial charge on any atom is -0.486 e. The van der Waals surface area contributed by atoms with E-state index < -0.39 is 6.04 Å². The first kappa shape index (κ1) is 24.1. The number of fused-ring (bicyclic) bond motifs is 1. The number of carbonyl (C=O) groups excluding carboxylic acids is 2. The molecule has 3 rings (SSSR count). The van der Waals surface area contributed by atoms with Crippen LogP contribution >= 0.6 is 15.9 Å². The van der Waals surface area contributed by atoms with E-state index in [2.05, 4.69) is 21.2 Å². The second-order valence-electron chi connectivity index (χ2n) is 8.12. The lowest BCUT2D eigenvalue weighted by atomic mass is 10.1. The van der Waals surface area contributed by atoms with Crippen LogP contribution in [0.4, 0.5) is 0 Å². The Morgan fingerprint density at radius 2 is 1.69 bits per heavy atom. The molecule has 1 N–H and O–H groups in total. The van der Waals surface area contributed by atoms with Crippen LogP contribution in [0.5, 0.6) is 11.5 Å². The Kier molecular flexibility index (Phi) is 8.56. The van der Waals surface area contributed by atoms with Gasteiger partial charge in [0, 0.05) is 23.5 Å². The van der Waals surface area contributed by atoms with Crippen molar-refractivity contribution in [1.29, 1.82) is 0 Å². The minimum absolute atomic E-state index is 0.0605. The number of nitrogens with one attached hydrogen (secondary N) is 1. The molecule has 2 atom stereocenters. The second kappa shape index (κ2) is 11.4. The van der Waals surface area contributed by atoms with Gasteiger partial charge in [-0.3, -0.25) is 9.59 Å². The predicted octanol–water partition coefficient (Wildman–Crippen LogP) is 4.48. The first-order valence-electron chi connectivity index (χ1n) is 11.1. The zero-order valence-electron chi connectivity index (χ0n) is 18.9. The largest absolute Gasteiger partial charge is 0.486 e. The molecule has 0 unspecified atom stereocenters. The summed E-state index contributed by atoms with van der Waals surface area (Å²) in [7, 11) is 0. The van der Waals surface area contributed by atoms with E-state index in [-0.39, 0.29) is 17.9 Å². The third-order valence-electron chi connectivity index (χ3n) is 5.67. The fourth-order valence-corrected chi connectivity index (χ4v) is 3.74. The van der Waals surface area contributed by atoms with Crippen molar-refractivity contribution in [3.05, 3.63) is 58.1 Å². The topological polar surface area (TPSA) is 67.9 Å². The molecule has 0 aliphatic carbocycles. The van der Waals surface area contributed by atoms with Gasteiger partial charge in [0.05, 0.1) is 0 Å². The normalized spacial score (nSPS) is 14.4. The highest BCUT2D eigenvalue weighted by Gasteiger charge is 2.26. The van der Waals surface area contributed by atoms with Gasteiger partial charge in [-0.2, -0.15) is 0 Å². The van der Waals surface area contributed by atoms with Crippen molar-refractivity contribution < 1.29 is 19.1 Å². The summed E-state index contributed by atoms with van der Waals surface area (Å²) in [5.41, 5.74) is 1.98. The fourth-order valence-electron chi connectivity index (χ4n) is 3.47. The van der Waals surface area contributed by atoms with Crippen molar-refractivity contribution in [2.24, 2.45) is 0 Å². The third-order valence-corrected chi connectivity index (χ3v) is 6.20. The number of rotatable bonds is 9. The molecule has 172 valence electrons. The molecule has 2 aromatic carbocycles. The Hall–Kier alpha value is -2.54. The molecule has 0 fully saturated rings. The van der Waals surface area contributed by atoms with Gasteiger partial charge in [0.1, 0.15) is 19.3 Å². The Bertz CT molecular complexity index is 932. The molecule has 0 bridgehead atoms. The van der Waals surface area contributed by atoms with Gasteiger partial charge in [-0.05, 0) is 62.1 Å². The van der Waals surface area contributed by atoms with Gasteiger partial charge < -0.3 is 19.7 Å². The Morgan fingerprint density at radius 1 is 1.03 bits per heavy atom. The van der Waals surface area contributed by atoms with Crippen molar-refractivity contribution in [1.82, 2.24) is 10.2 Å². The maximum Gasteiger partial charge on any atom is 0.242 e. The van der Waals surface area contributed by atoms with Gasteiger partial charge in [0.2, 0.25) is 11.8 Å². The lowest BCUT2D eigenvalue weighted by molar-refractivity contribution is -0.140. The lowest BCUT2D eigenvalue weighted by Gasteiger charge is -2.30. The summed E-state index contributed by atoms with van der Waals surface area (Å²) in [5, 5.41) is 3.00. The van der Waals surface area contributed by atoms with E-state index >= 15 is 0 Å². The number of hydrogen-bond donors (Lipinski definition) is 1. The second-order valence-corrected chi connectivity index (χ2v) is 9.04. The first-order chi connectivity index (χ1) is 15.4. The average molecular weight is 503 g/mol. The summed E-state index contributed by atoms with van der Waals surface area (Å²) in [5.74, 6) is 1.26. The van der Waals surface area contributed by atoms with Crippen LogP contribution in [0.3, 0.4) is 0 Å². The van der Waals surface area contributed by atoms with Crippen molar-refractivity contribution in [2.75, 3.05) is 13.2 Å². The molecule has 0 spiro atoms. The molecular weight excluding hydrogens is 472 g/mol. The van der Waals surface area contributed by atoms with Gasteiger partial charge >= 0.3 is 0 Å². The SMILES string of the molecule is CC[C@H](C)NC(=O)[C@@H](C)N(Cc1ccc(Br)cc1)C(=O)CCc1ccc2c(c1)OCCO2. The highest BCUT2D eigenvalue weighted by Crippen LogP contribution is 2.31. The van der Waals surface area contributed by atoms with Crippen LogP contribution in [0.15, 0.2) is 46.9 Å². The fraction of sp³-hybridized carbons (Fsp3) is 0.440. The molecule has 0 saturated carbocycles. The summed E-state index contributed by atoms with van der Waals surface area (Å²) in [6.07, 6.45) is 1.70. The number of halogens is 1. The standard InChI is InChI=1S/C25H31BrN2O4/c1-4-17(2)27-25(30)18(3)28(16-20-5-9-21(26)10-6-20)24(29)12-8-19-7-11-22-23(15-19)32-14-13-31-22/h5-7,9-11,15,17-18H,4,8,12-14,16H2,1-3H3,(H,27,30)/t17-,18+/m0/s1. The molecule has 2 amide bonds. The van der Waals surface area contributed by atoms with Crippen LogP contribution in [0.1, 0.15) is 44.7 Å². The zero-order valence-corrected chi connectivity index (χ0v) is 20.5. The number of aryl methyl sites for hydroxylation is 1. The van der Waals surface area contributed by atoms with Crippen LogP contribution in [-0.4, -0.2) is 42.0 Å². The highest BCUT2D eigenvalue weighted by molar-refractivity contribution is 9.10. The van der Waals surface area contributed by atoms with E-state index in [0.717, 1.165) is 27.8 Å². The van der Waals surface area contributed by atoms with Gasteiger partial charge in [0.15, 0.2) is 11.5 Å². The number of benzene rings is 2. The monoisotopic (exact) mass is 502 g/mol. The van der Waals surface area contributed by atoms with Crippen molar-refractivity contribution in [3.8, 4) is 11.5 Å². The smallest absolute Gasteiger partial charge is 0.242 e. The van der Waals surface area contributed by atoms with Crippen molar-refractivity contribution >= 4 is 27.7 Å². The minimum atomic E-state index is -0.569. The van der Waals surface area contributed by atoms with Gasteiger partial charge in [-0.1, -0.05) is 41.1 Å². The summed E-state index contributed by atoms with van der Waals surface area (Å²) >= 11 is 3.44. The van der Waals surface area contributed by atoms with Crippen LogP contribution in [0.25, 0.3) is 0 Å². The molecule has 1 aliphatic rings. The number of hydrogen-bond acceptors (Lipinski definition) is 4. The number of nitrogens with zero attached hydrogens (tertiary/aromatic N) is 1. The van der Waals surface area contributed by atoms with Crippen LogP contribution in [0, 0.1) is 0 Å². The molecule has 0 saturated heterocycles. The Morgan fingerprint density at radius 3 is 2.38 bits per heavy atom. The van der Waals surface area contributed by atoms with Crippen LogP contribution < -0.4 is 14.8 Å². The zero-order chi connectivity index (χ0) is 23.1. The molecule has 6 nitrogen and oxygen atoms in total. The molecule has 1 heterocycles. The first-order valence-corrected chi connectivity index (χ1v) is 11.9. The molecule has 0 radical (unpaired) electrons. The third kappa shape index (κ3) is 6.48. The highest BCUT2D eigenvalue weighted by atomic mass is 79.9. The van der Waals surface area contributed by atoms with E-state index in [1.807, 2.05) is 56.3 Å². The molecule has 7 heteroatoms. The van der Waals surface area contributed by atoms with E-state index in [1.165, 1.54) is 0 Å². The average Bonchev–Trinajstić information content (AvgIpc) is 2.81. The van der Waals surface area contributed by atoms with Crippen molar-refractivity contribution in [2.45, 2.75) is 58.7 Å². The van der Waals surface area contributed by atoms with E-state index in [9.17, 15) is 9.59 Å². The number of carbonyl (C=O) groups is 2. The lowest BCUT2D eigenvalue weighted by Crippen LogP contribution is -2.49. The molecule has 32 heavy (non-hydrogen) atoms. The quantitative estimate of drug-likeness (QED) is 0.548. The molecule has 2 aromatic rings. The number of ether oxygens (including phenoxy) is 2. The maximum atomic E-state index is 13.3. The van der Waals surface area contributed by atoms with Gasteiger partial charge in [-0.15, -0.1) is 0 Å². The van der Waals surface area contributed by atoms with Crippen LogP contribution in [0.2, 0.25) is 0 Å². The van der Waals surface area contributed by atoms with Gasteiger partial charge in [0.25, 0.3) is 0 Å². The number of amides is 2. The van der Waals surface area contributed by atoms with Gasteiger partial charge in [-0.25, -0.2) is 0 Å². The summed E-state index contributed by atoms with van der Waals surface area (Å²) in [6, 6.07) is 13.1. The predicted molar refractivity (Wildman–Crippen MR) is 128 cm³/mol. The summed E-state index contributed by atoms with van der Waals surface area (Å²) in [4.78, 5) is 27.7. The van der Waals surface area contributed by atoms with E-state index in [4.69, 9.17) is 9.47 Å². The maximum absolute atomic E-state index is 13.3. The van der Waals surface area contributed by atoms with E-state index in [0.29, 0.717) is 38.3 Å². The Labute approximate surface area is 198 Å². The van der Waals surface area contributed by atoms with E-state index in [1.54, 1.807) is 11.8 Å². The van der Waals surface area contributed by atoms with Crippen molar-refractivity contribution in [3.63, 3.8) is 0 Å². The summed E-state index contributed by atoms with van der Waals surface area (Å²) in [6.45, 7) is 7.23. The molecule has 0 aromatic heterocycles.